The molecule has 1 aromatic carbocycles. The largest absolute Gasteiger partial charge is 0.334 e. The molecule has 0 aromatic heterocycles. The number of hydrogen-bond acceptors (Lipinski definition) is 2. The lowest BCUT2D eigenvalue weighted by atomic mass is 10.0. The molecule has 0 bridgehead atoms. The third-order valence-corrected chi connectivity index (χ3v) is 4.90. The van der Waals surface area contributed by atoms with Crippen LogP contribution in [0.2, 0.25) is 5.02 Å². The van der Waals surface area contributed by atoms with Crippen molar-refractivity contribution in [3.8, 4) is 0 Å². The zero-order valence-electron chi connectivity index (χ0n) is 10.4. The van der Waals surface area contributed by atoms with Crippen LogP contribution in [0.5, 0.6) is 0 Å². The van der Waals surface area contributed by atoms with Crippen LogP contribution in [0.15, 0.2) is 18.2 Å². The zero-order chi connectivity index (χ0) is 13.1. The van der Waals surface area contributed by atoms with Crippen LogP contribution >= 0.6 is 46.6 Å². The minimum absolute atomic E-state index is 0. The topological polar surface area (TPSA) is 46.3 Å². The van der Waals surface area contributed by atoms with Crippen LogP contribution in [0.25, 0.3) is 0 Å². The average molecular weight is 415 g/mol. The molecule has 1 fully saturated rings. The maximum atomic E-state index is 12.4. The van der Waals surface area contributed by atoms with Gasteiger partial charge in [0.05, 0.1) is 5.02 Å². The van der Waals surface area contributed by atoms with Gasteiger partial charge >= 0.3 is 0 Å². The molecule has 1 atom stereocenters. The molecule has 0 radical (unpaired) electrons. The van der Waals surface area contributed by atoms with E-state index in [1.54, 1.807) is 6.07 Å². The maximum Gasteiger partial charge on any atom is 0.254 e. The molecular formula is C13H17Cl2IN2O. The molecule has 106 valence electrons. The van der Waals surface area contributed by atoms with Crippen molar-refractivity contribution < 1.29 is 4.79 Å². The summed E-state index contributed by atoms with van der Waals surface area (Å²) < 4.78 is 0.958. The fourth-order valence-electron chi connectivity index (χ4n) is 2.31. The zero-order valence-corrected chi connectivity index (χ0v) is 14.2. The Labute approximate surface area is 138 Å². The minimum atomic E-state index is 0. The van der Waals surface area contributed by atoms with Crippen LogP contribution in [0.1, 0.15) is 29.6 Å². The maximum absolute atomic E-state index is 12.4. The molecule has 3 nitrogen and oxygen atoms in total. The van der Waals surface area contributed by atoms with E-state index in [4.69, 9.17) is 17.3 Å². The van der Waals surface area contributed by atoms with E-state index in [2.05, 4.69) is 22.6 Å². The molecule has 1 aromatic rings. The quantitative estimate of drug-likeness (QED) is 0.754. The van der Waals surface area contributed by atoms with Gasteiger partial charge in [-0.3, -0.25) is 4.79 Å². The Morgan fingerprint density at radius 2 is 2.21 bits per heavy atom. The van der Waals surface area contributed by atoms with Gasteiger partial charge in [-0.05, 0) is 60.1 Å². The molecule has 0 saturated carbocycles. The summed E-state index contributed by atoms with van der Waals surface area (Å²) in [5, 5.41) is 0.628. The van der Waals surface area contributed by atoms with Crippen molar-refractivity contribution >= 4 is 52.5 Å². The summed E-state index contributed by atoms with van der Waals surface area (Å²) in [6.45, 7) is 1.33. The molecule has 6 heteroatoms. The first-order valence-corrected chi connectivity index (χ1v) is 7.55. The Morgan fingerprint density at radius 1 is 1.47 bits per heavy atom. The highest BCUT2D eigenvalue weighted by molar-refractivity contribution is 14.1. The Kier molecular flexibility index (Phi) is 6.86. The molecule has 1 saturated heterocycles. The van der Waals surface area contributed by atoms with Crippen LogP contribution in [0.3, 0.4) is 0 Å². The van der Waals surface area contributed by atoms with Gasteiger partial charge in [-0.15, -0.1) is 12.4 Å². The summed E-state index contributed by atoms with van der Waals surface area (Å²) in [7, 11) is 0. The van der Waals surface area contributed by atoms with Crippen molar-refractivity contribution in [3.63, 3.8) is 0 Å². The molecular weight excluding hydrogens is 398 g/mol. The Morgan fingerprint density at radius 3 is 2.84 bits per heavy atom. The number of benzene rings is 1. The van der Waals surface area contributed by atoms with Crippen LogP contribution in [-0.4, -0.2) is 29.9 Å². The lowest BCUT2D eigenvalue weighted by molar-refractivity contribution is 0.0623. The molecule has 1 aliphatic heterocycles. The minimum Gasteiger partial charge on any atom is -0.334 e. The standard InChI is InChI=1S/C13H16ClIN2O.ClH/c14-11-7-9(4-5-12(11)15)13(18)17-6-2-1-3-10(17)8-16;/h4-5,7,10H,1-3,6,8,16H2;1H. The Hall–Kier alpha value is -0.0400. The number of carbonyl (C=O) groups excluding carboxylic acids is 1. The monoisotopic (exact) mass is 414 g/mol. The SMILES string of the molecule is Cl.NCC1CCCCN1C(=O)c1ccc(I)c(Cl)c1. The summed E-state index contributed by atoms with van der Waals surface area (Å²) in [5.74, 6) is 0.0449. The second-order valence-corrected chi connectivity index (χ2v) is 6.08. The number of rotatable bonds is 2. The molecule has 1 unspecified atom stereocenters. The van der Waals surface area contributed by atoms with Crippen molar-refractivity contribution in [2.24, 2.45) is 5.73 Å². The highest BCUT2D eigenvalue weighted by atomic mass is 127. The summed E-state index contributed by atoms with van der Waals surface area (Å²) in [5.41, 5.74) is 6.40. The fraction of sp³-hybridized carbons (Fsp3) is 0.462. The van der Waals surface area contributed by atoms with E-state index < -0.39 is 0 Å². The van der Waals surface area contributed by atoms with Gasteiger partial charge in [-0.2, -0.15) is 0 Å². The van der Waals surface area contributed by atoms with Gasteiger partial charge < -0.3 is 10.6 Å². The van der Waals surface area contributed by atoms with E-state index in [-0.39, 0.29) is 24.4 Å². The van der Waals surface area contributed by atoms with Gasteiger partial charge in [0.1, 0.15) is 0 Å². The van der Waals surface area contributed by atoms with E-state index >= 15 is 0 Å². The first kappa shape index (κ1) is 17.0. The van der Waals surface area contributed by atoms with E-state index in [0.717, 1.165) is 29.4 Å². The second kappa shape index (κ2) is 7.67. The molecule has 19 heavy (non-hydrogen) atoms. The summed E-state index contributed by atoms with van der Waals surface area (Å²) in [4.78, 5) is 14.3. The van der Waals surface area contributed by atoms with Crippen molar-refractivity contribution in [2.45, 2.75) is 25.3 Å². The first-order valence-electron chi connectivity index (χ1n) is 6.09. The van der Waals surface area contributed by atoms with Gasteiger partial charge in [-0.1, -0.05) is 11.6 Å². The summed E-state index contributed by atoms with van der Waals surface area (Å²) in [6.07, 6.45) is 3.21. The van der Waals surface area contributed by atoms with Crippen LogP contribution in [0, 0.1) is 3.57 Å². The van der Waals surface area contributed by atoms with Crippen LogP contribution in [-0.2, 0) is 0 Å². The number of likely N-dealkylation sites (tertiary alicyclic amines) is 1. The molecule has 0 spiro atoms. The molecule has 1 aliphatic rings. The number of nitrogens with zero attached hydrogens (tertiary/aromatic N) is 1. The number of piperidine rings is 1. The number of carbonyl (C=O) groups is 1. The van der Waals surface area contributed by atoms with Gasteiger partial charge in [-0.25, -0.2) is 0 Å². The van der Waals surface area contributed by atoms with Crippen molar-refractivity contribution in [2.75, 3.05) is 13.1 Å². The summed E-state index contributed by atoms with van der Waals surface area (Å²) >= 11 is 8.22. The number of amides is 1. The Balaban J connectivity index is 0.00000180. The number of hydrogen-bond donors (Lipinski definition) is 1. The third-order valence-electron chi connectivity index (χ3n) is 3.33. The highest BCUT2D eigenvalue weighted by Crippen LogP contribution is 2.23. The van der Waals surface area contributed by atoms with E-state index in [1.165, 1.54) is 0 Å². The fourth-order valence-corrected chi connectivity index (χ4v) is 2.82. The molecule has 1 heterocycles. The molecule has 0 aliphatic carbocycles. The number of halogens is 3. The van der Waals surface area contributed by atoms with Gasteiger partial charge in [0.25, 0.3) is 5.91 Å². The van der Waals surface area contributed by atoms with Gasteiger partial charge in [0.2, 0.25) is 0 Å². The van der Waals surface area contributed by atoms with Crippen LogP contribution < -0.4 is 5.73 Å². The molecule has 1 amide bonds. The predicted molar refractivity (Wildman–Crippen MR) is 89.1 cm³/mol. The number of nitrogens with two attached hydrogens (primary N) is 1. The van der Waals surface area contributed by atoms with Gasteiger partial charge in [0, 0.05) is 28.3 Å². The third kappa shape index (κ3) is 3.97. The lowest BCUT2D eigenvalue weighted by Gasteiger charge is -2.35. The normalized spacial score (nSPS) is 18.9. The van der Waals surface area contributed by atoms with Crippen molar-refractivity contribution in [3.05, 3.63) is 32.4 Å². The van der Waals surface area contributed by atoms with E-state index in [9.17, 15) is 4.79 Å². The average Bonchev–Trinajstić information content (AvgIpc) is 2.41. The molecule has 2 N–H and O–H groups in total. The molecule has 2 rings (SSSR count). The van der Waals surface area contributed by atoms with Crippen molar-refractivity contribution in [1.82, 2.24) is 4.90 Å². The highest BCUT2D eigenvalue weighted by Gasteiger charge is 2.26. The van der Waals surface area contributed by atoms with Crippen molar-refractivity contribution in [1.29, 1.82) is 0 Å². The summed E-state index contributed by atoms with van der Waals surface area (Å²) in [6, 6.07) is 5.62. The Bertz CT molecular complexity index is 456. The van der Waals surface area contributed by atoms with Crippen LogP contribution in [0.4, 0.5) is 0 Å². The van der Waals surface area contributed by atoms with E-state index in [0.29, 0.717) is 17.1 Å². The van der Waals surface area contributed by atoms with E-state index in [1.807, 2.05) is 17.0 Å². The first-order chi connectivity index (χ1) is 8.63. The lowest BCUT2D eigenvalue weighted by Crippen LogP contribution is -2.47. The predicted octanol–water partition coefficient (Wildman–Crippen LogP) is 3.32. The van der Waals surface area contributed by atoms with Gasteiger partial charge in [0.15, 0.2) is 0 Å². The second-order valence-electron chi connectivity index (χ2n) is 4.51. The smallest absolute Gasteiger partial charge is 0.254 e.